The molecular weight excluding hydrogens is 329 g/mol. The van der Waals surface area contributed by atoms with Crippen LogP contribution in [0.3, 0.4) is 0 Å². The van der Waals surface area contributed by atoms with Gasteiger partial charge in [-0.05, 0) is 10.1 Å². The van der Waals surface area contributed by atoms with Crippen LogP contribution in [-0.4, -0.2) is 32.5 Å². The van der Waals surface area contributed by atoms with Crippen molar-refractivity contribution < 1.29 is 13.8 Å². The van der Waals surface area contributed by atoms with Crippen molar-refractivity contribution in [1.29, 1.82) is 0 Å². The molecule has 1 unspecified atom stereocenters. The summed E-state index contributed by atoms with van der Waals surface area (Å²) in [4.78, 5) is 12.2. The van der Waals surface area contributed by atoms with Gasteiger partial charge in [0.2, 0.25) is 0 Å². The molecule has 0 saturated carbocycles. The molecule has 0 aliphatic rings. The maximum absolute atomic E-state index is 11.8. The lowest BCUT2D eigenvalue weighted by Crippen LogP contribution is -2.06. The molecule has 0 bridgehead atoms. The van der Waals surface area contributed by atoms with E-state index in [4.69, 9.17) is 15.0 Å². The van der Waals surface area contributed by atoms with Crippen molar-refractivity contribution in [1.82, 2.24) is 19.5 Å². The van der Waals surface area contributed by atoms with Crippen LogP contribution in [0.4, 0.5) is 5.82 Å². The fraction of sp³-hybridized carbons (Fsp3) is 0.267. The van der Waals surface area contributed by atoms with Crippen LogP contribution in [0.25, 0.3) is 11.2 Å². The summed E-state index contributed by atoms with van der Waals surface area (Å²) in [6.07, 6.45) is 3.07. The van der Waals surface area contributed by atoms with Gasteiger partial charge < -0.3 is 15.0 Å². The van der Waals surface area contributed by atoms with Gasteiger partial charge in [0.25, 0.3) is 6.35 Å². The molecule has 1 atom stereocenters. The molecule has 124 valence electrons. The maximum atomic E-state index is 11.8. The van der Waals surface area contributed by atoms with E-state index in [0.29, 0.717) is 36.7 Å². The number of rotatable bonds is 8. The van der Waals surface area contributed by atoms with E-state index in [2.05, 4.69) is 15.0 Å². The summed E-state index contributed by atoms with van der Waals surface area (Å²) in [5, 5.41) is 0. The molecule has 3 aromatic rings. The number of nitrogen functional groups attached to an aromatic ring is 1. The lowest BCUT2D eigenvalue weighted by Gasteiger charge is -2.02. The molecule has 0 aliphatic carbocycles. The van der Waals surface area contributed by atoms with E-state index in [1.54, 1.807) is 6.33 Å². The van der Waals surface area contributed by atoms with Gasteiger partial charge in [0, 0.05) is 6.54 Å². The Bertz CT molecular complexity index is 824. The van der Waals surface area contributed by atoms with Gasteiger partial charge in [-0.2, -0.15) is 0 Å². The molecule has 1 aromatic carbocycles. The predicted molar refractivity (Wildman–Crippen MR) is 89.4 cm³/mol. The molecule has 2 aromatic heterocycles. The number of fused-ring (bicyclic) bond motifs is 1. The van der Waals surface area contributed by atoms with Crippen molar-refractivity contribution in [3.8, 4) is 0 Å². The average Bonchev–Trinajstić information content (AvgIpc) is 3.02. The Balaban J connectivity index is 1.41. The molecule has 3 rings (SSSR count). The van der Waals surface area contributed by atoms with Crippen molar-refractivity contribution in [2.45, 2.75) is 13.2 Å². The fourth-order valence-corrected chi connectivity index (χ4v) is 2.77. The average molecular weight is 346 g/mol. The van der Waals surface area contributed by atoms with Gasteiger partial charge >= 0.3 is 8.03 Å². The van der Waals surface area contributed by atoms with Crippen LogP contribution < -0.4 is 5.73 Å². The first-order chi connectivity index (χ1) is 11.7. The SMILES string of the molecule is Nc1ncnc2c1ncn2CCOC[P+](=O)OCc1ccccc1. The molecule has 0 aliphatic heterocycles. The van der Waals surface area contributed by atoms with Crippen LogP contribution in [0.2, 0.25) is 0 Å². The summed E-state index contributed by atoms with van der Waals surface area (Å²) in [6, 6.07) is 9.58. The van der Waals surface area contributed by atoms with E-state index >= 15 is 0 Å². The minimum Gasteiger partial charge on any atom is -0.382 e. The lowest BCUT2D eigenvalue weighted by atomic mass is 10.2. The summed E-state index contributed by atoms with van der Waals surface area (Å²) < 4.78 is 24.3. The van der Waals surface area contributed by atoms with Gasteiger partial charge in [-0.25, -0.2) is 15.0 Å². The molecule has 0 fully saturated rings. The number of ether oxygens (including phenoxy) is 1. The van der Waals surface area contributed by atoms with Crippen molar-refractivity contribution in [3.63, 3.8) is 0 Å². The summed E-state index contributed by atoms with van der Waals surface area (Å²) >= 11 is 0. The number of nitrogens with zero attached hydrogens (tertiary/aromatic N) is 4. The fourth-order valence-electron chi connectivity index (χ4n) is 2.12. The molecule has 24 heavy (non-hydrogen) atoms. The minimum atomic E-state index is -1.86. The summed E-state index contributed by atoms with van der Waals surface area (Å²) in [5.41, 5.74) is 7.92. The predicted octanol–water partition coefficient (Wildman–Crippen LogP) is 2.34. The highest BCUT2D eigenvalue weighted by molar-refractivity contribution is 7.38. The largest absolute Gasteiger partial charge is 0.537 e. The van der Waals surface area contributed by atoms with Crippen LogP contribution in [-0.2, 0) is 27.0 Å². The summed E-state index contributed by atoms with van der Waals surface area (Å²) in [5.74, 6) is 0.344. The molecule has 0 spiro atoms. The Kier molecular flexibility index (Phi) is 5.43. The number of benzene rings is 1. The molecule has 9 heteroatoms. The molecule has 0 saturated heterocycles. The van der Waals surface area contributed by atoms with Crippen LogP contribution in [0.1, 0.15) is 5.56 Å². The second-order valence-corrected chi connectivity index (χ2v) is 6.18. The number of nitrogens with two attached hydrogens (primary N) is 1. The quantitative estimate of drug-likeness (QED) is 0.493. The van der Waals surface area contributed by atoms with Crippen LogP contribution in [0.5, 0.6) is 0 Å². The number of hydrogen-bond donors (Lipinski definition) is 1. The third-order valence-corrected chi connectivity index (χ3v) is 4.13. The van der Waals surface area contributed by atoms with Crippen LogP contribution in [0, 0.1) is 0 Å². The number of anilines is 1. The first-order valence-corrected chi connectivity index (χ1v) is 8.71. The van der Waals surface area contributed by atoms with Gasteiger partial charge in [0.15, 0.2) is 11.5 Å². The van der Waals surface area contributed by atoms with E-state index in [0.717, 1.165) is 5.56 Å². The van der Waals surface area contributed by atoms with E-state index in [-0.39, 0.29) is 6.35 Å². The molecular formula is C15H17N5O3P+. The van der Waals surface area contributed by atoms with Crippen molar-refractivity contribution in [2.75, 3.05) is 18.7 Å². The third-order valence-electron chi connectivity index (χ3n) is 3.32. The summed E-state index contributed by atoms with van der Waals surface area (Å²) in [6.45, 7) is 1.20. The van der Waals surface area contributed by atoms with Gasteiger partial charge in [0.1, 0.15) is 18.5 Å². The Morgan fingerprint density at radius 1 is 1.17 bits per heavy atom. The Labute approximate surface area is 139 Å². The Morgan fingerprint density at radius 2 is 2.00 bits per heavy atom. The minimum absolute atomic E-state index is 0.0475. The van der Waals surface area contributed by atoms with Gasteiger partial charge in [-0.3, -0.25) is 0 Å². The maximum Gasteiger partial charge on any atom is 0.537 e. The number of imidazole rings is 1. The number of aromatic nitrogens is 4. The molecule has 2 heterocycles. The van der Waals surface area contributed by atoms with Crippen molar-refractivity contribution in [2.24, 2.45) is 0 Å². The van der Waals surface area contributed by atoms with Crippen LogP contribution >= 0.6 is 8.03 Å². The Morgan fingerprint density at radius 3 is 2.83 bits per heavy atom. The second kappa shape index (κ2) is 7.92. The topological polar surface area (TPSA) is 105 Å². The standard InChI is InChI=1S/C15H17N5O3P/c16-14-13-15(18-9-17-14)20(10-19-13)6-7-22-11-24(21)23-8-12-4-2-1-3-5-12/h1-5,9-10H,6-8,11H2,(H2,16,17,18)/q+1. The smallest absolute Gasteiger partial charge is 0.382 e. The molecule has 0 radical (unpaired) electrons. The monoisotopic (exact) mass is 346 g/mol. The van der Waals surface area contributed by atoms with Gasteiger partial charge in [-0.15, -0.1) is 4.52 Å². The first-order valence-electron chi connectivity index (χ1n) is 7.34. The summed E-state index contributed by atoms with van der Waals surface area (Å²) in [7, 11) is -1.86. The third kappa shape index (κ3) is 4.11. The zero-order valence-corrected chi connectivity index (χ0v) is 13.8. The van der Waals surface area contributed by atoms with Crippen molar-refractivity contribution in [3.05, 3.63) is 48.5 Å². The molecule has 2 N–H and O–H groups in total. The highest BCUT2D eigenvalue weighted by atomic mass is 31.1. The zero-order valence-electron chi connectivity index (χ0n) is 12.9. The normalized spacial score (nSPS) is 11.8. The second-order valence-electron chi connectivity index (χ2n) is 5.00. The van der Waals surface area contributed by atoms with E-state index < -0.39 is 8.03 Å². The van der Waals surface area contributed by atoms with Gasteiger partial charge in [0.05, 0.1) is 12.9 Å². The highest BCUT2D eigenvalue weighted by Gasteiger charge is 2.17. The van der Waals surface area contributed by atoms with Gasteiger partial charge in [-0.1, -0.05) is 30.3 Å². The first kappa shape index (κ1) is 16.4. The molecule has 8 nitrogen and oxygen atoms in total. The van der Waals surface area contributed by atoms with E-state index in [9.17, 15) is 4.57 Å². The van der Waals surface area contributed by atoms with E-state index in [1.165, 1.54) is 6.33 Å². The lowest BCUT2D eigenvalue weighted by molar-refractivity contribution is 0.156. The zero-order chi connectivity index (χ0) is 16.8. The van der Waals surface area contributed by atoms with Crippen molar-refractivity contribution >= 4 is 25.0 Å². The Hall–Kier alpha value is -2.41. The molecule has 0 amide bonds. The number of hydrogen-bond acceptors (Lipinski definition) is 7. The highest BCUT2D eigenvalue weighted by Crippen LogP contribution is 2.24. The van der Waals surface area contributed by atoms with E-state index in [1.807, 2.05) is 34.9 Å². The van der Waals surface area contributed by atoms with Crippen LogP contribution in [0.15, 0.2) is 43.0 Å².